The smallest absolute Gasteiger partial charge is 0.462 e. The van der Waals surface area contributed by atoms with Gasteiger partial charge in [-0.25, -0.2) is 4.57 Å². The van der Waals surface area contributed by atoms with Crippen molar-refractivity contribution >= 4 is 19.8 Å². The van der Waals surface area contributed by atoms with Crippen molar-refractivity contribution < 1.29 is 63.1 Å². The molecule has 0 radical (unpaired) electrons. The number of carbonyl (C=O) groups is 2. The van der Waals surface area contributed by atoms with E-state index in [0.717, 1.165) is 57.8 Å². The van der Waals surface area contributed by atoms with Crippen molar-refractivity contribution in [2.24, 2.45) is 0 Å². The number of hydrogen-bond donors (Lipinski definition) is 6. The van der Waals surface area contributed by atoms with E-state index in [2.05, 4.69) is 38.2 Å². The molecule has 3 unspecified atom stereocenters. The average Bonchev–Trinajstić information content (AvgIpc) is 3.19. The number of aliphatic hydroxyl groups excluding tert-OH is 5. The summed E-state index contributed by atoms with van der Waals surface area (Å²) in [5.41, 5.74) is 0. The summed E-state index contributed by atoms with van der Waals surface area (Å²) >= 11 is 0. The lowest BCUT2D eigenvalue weighted by Crippen LogP contribution is -2.64. The number of hydrogen-bond acceptors (Lipinski definition) is 12. The number of unbranched alkanes of at least 4 members (excludes halogenated alkanes) is 20. The number of carbonyl (C=O) groups excluding carboxylic acids is 2. The molecule has 13 nitrogen and oxygen atoms in total. The predicted octanol–water partition coefficient (Wildman–Crippen LogP) is 8.06. The summed E-state index contributed by atoms with van der Waals surface area (Å²) in [5, 5.41) is 50.1. The highest BCUT2D eigenvalue weighted by Gasteiger charge is 2.51. The fourth-order valence-corrected chi connectivity index (χ4v) is 7.64. The second-order valence-electron chi connectivity index (χ2n) is 15.6. The highest BCUT2D eigenvalue weighted by molar-refractivity contribution is 7.47. The lowest BCUT2D eigenvalue weighted by atomic mass is 9.85. The SMILES string of the molecule is CCCCCC/C=C\C/C=C\CCCCCCC(=O)O[C@H](COC(=O)CCCCCCCCCCCCCCC)COP(=O)(O)OC1[C@@H](O)[C@H](O)C(O)[C@H](O)[C@@H]1O. The second-order valence-corrected chi connectivity index (χ2v) is 17.0. The van der Waals surface area contributed by atoms with E-state index in [4.69, 9.17) is 18.5 Å². The van der Waals surface area contributed by atoms with Gasteiger partial charge in [0, 0.05) is 12.8 Å². The Morgan fingerprint density at radius 2 is 0.947 bits per heavy atom. The first kappa shape index (κ1) is 53.3. The number of aliphatic hydroxyl groups is 5. The molecular formula is C43H79O13P. The Labute approximate surface area is 343 Å². The molecule has 0 aliphatic heterocycles. The van der Waals surface area contributed by atoms with Gasteiger partial charge in [0.1, 0.15) is 43.2 Å². The molecule has 1 saturated carbocycles. The fraction of sp³-hybridized carbons (Fsp3) is 0.860. The van der Waals surface area contributed by atoms with Gasteiger partial charge in [0.15, 0.2) is 6.10 Å². The van der Waals surface area contributed by atoms with Gasteiger partial charge in [-0.05, 0) is 44.9 Å². The number of rotatable bonds is 36. The zero-order valence-electron chi connectivity index (χ0n) is 35.1. The van der Waals surface area contributed by atoms with E-state index in [1.807, 2.05) is 0 Å². The standard InChI is InChI=1S/C43H79O13P/c1-3-5-7-9-11-13-15-17-18-20-22-24-26-28-30-32-37(45)55-35(34-54-57(51,52)56-43-41(49)39(47)38(46)40(48)42(43)50)33-53-36(44)31-29-27-25-23-21-19-16-14-12-10-8-6-4-2/h13,15,18,20,35,38-43,46-50H,3-12,14,16-17,19,21-34H2,1-2H3,(H,51,52)/b15-13-,20-18-/t35-,38?,39-,40+,41+,42+,43?/m1/s1. The van der Waals surface area contributed by atoms with Crippen LogP contribution in [0.3, 0.4) is 0 Å². The molecule has 8 atom stereocenters. The third-order valence-electron chi connectivity index (χ3n) is 10.3. The molecule has 6 N–H and O–H groups in total. The van der Waals surface area contributed by atoms with Crippen LogP contribution >= 0.6 is 7.82 Å². The molecule has 1 fully saturated rings. The van der Waals surface area contributed by atoms with Gasteiger partial charge in [0.25, 0.3) is 0 Å². The Kier molecular flexibility index (Phi) is 31.9. The van der Waals surface area contributed by atoms with Crippen molar-refractivity contribution in [3.05, 3.63) is 24.3 Å². The first-order valence-electron chi connectivity index (χ1n) is 22.1. The van der Waals surface area contributed by atoms with E-state index in [9.17, 15) is 44.6 Å². The van der Waals surface area contributed by atoms with Gasteiger partial charge in [0.2, 0.25) is 0 Å². The van der Waals surface area contributed by atoms with Crippen LogP contribution in [0.4, 0.5) is 0 Å². The van der Waals surface area contributed by atoms with E-state index in [1.54, 1.807) is 0 Å². The maximum atomic E-state index is 12.8. The molecule has 0 aromatic carbocycles. The molecule has 0 amide bonds. The van der Waals surface area contributed by atoms with Crippen LogP contribution in [0.5, 0.6) is 0 Å². The Morgan fingerprint density at radius 3 is 1.44 bits per heavy atom. The third-order valence-corrected chi connectivity index (χ3v) is 11.3. The van der Waals surface area contributed by atoms with E-state index in [-0.39, 0.29) is 12.8 Å². The lowest BCUT2D eigenvalue weighted by Gasteiger charge is -2.41. The van der Waals surface area contributed by atoms with Crippen LogP contribution in [-0.4, -0.2) is 98.3 Å². The van der Waals surface area contributed by atoms with E-state index < -0.39 is 75.7 Å². The van der Waals surface area contributed by atoms with Gasteiger partial charge < -0.3 is 39.9 Å². The average molecular weight is 835 g/mol. The van der Waals surface area contributed by atoms with Crippen molar-refractivity contribution in [3.63, 3.8) is 0 Å². The maximum Gasteiger partial charge on any atom is 0.472 e. The topological polar surface area (TPSA) is 210 Å². The molecule has 0 spiro atoms. The molecule has 1 aliphatic rings. The number of phosphoric ester groups is 1. The Bertz CT molecular complexity index is 1100. The number of allylic oxidation sites excluding steroid dienone is 4. The molecule has 1 aliphatic carbocycles. The van der Waals surface area contributed by atoms with E-state index in [0.29, 0.717) is 12.8 Å². The first-order valence-corrected chi connectivity index (χ1v) is 23.6. The predicted molar refractivity (Wildman–Crippen MR) is 221 cm³/mol. The maximum absolute atomic E-state index is 12.8. The van der Waals surface area contributed by atoms with Crippen molar-refractivity contribution in [2.45, 2.75) is 224 Å². The molecule has 14 heteroatoms. The van der Waals surface area contributed by atoms with Gasteiger partial charge in [-0.15, -0.1) is 0 Å². The number of esters is 2. The first-order chi connectivity index (χ1) is 27.4. The molecule has 0 aromatic rings. The summed E-state index contributed by atoms with van der Waals surface area (Å²) in [6.07, 6.45) is 22.4. The molecule has 0 saturated heterocycles. The largest absolute Gasteiger partial charge is 0.472 e. The van der Waals surface area contributed by atoms with Gasteiger partial charge in [-0.2, -0.15) is 0 Å². The van der Waals surface area contributed by atoms with Gasteiger partial charge >= 0.3 is 19.8 Å². The molecular weight excluding hydrogens is 755 g/mol. The Hall–Kier alpha value is -1.67. The third kappa shape index (κ3) is 26.9. The minimum atomic E-state index is -5.12. The highest BCUT2D eigenvalue weighted by atomic mass is 31.2. The summed E-state index contributed by atoms with van der Waals surface area (Å²) < 4.78 is 33.4. The summed E-state index contributed by atoms with van der Waals surface area (Å²) in [4.78, 5) is 35.6. The Balaban J connectivity index is 2.50. The van der Waals surface area contributed by atoms with Crippen LogP contribution in [0, 0.1) is 0 Å². The molecule has 334 valence electrons. The minimum absolute atomic E-state index is 0.0775. The Morgan fingerprint density at radius 1 is 0.544 bits per heavy atom. The molecule has 0 aromatic heterocycles. The summed E-state index contributed by atoms with van der Waals surface area (Å²) in [5.74, 6) is -1.12. The number of phosphoric acid groups is 1. The van der Waals surface area contributed by atoms with E-state index in [1.165, 1.54) is 83.5 Å². The summed E-state index contributed by atoms with van der Waals surface area (Å²) in [7, 11) is -5.12. The minimum Gasteiger partial charge on any atom is -0.462 e. The lowest BCUT2D eigenvalue weighted by molar-refractivity contribution is -0.220. The quantitative estimate of drug-likeness (QED) is 0.0153. The van der Waals surface area contributed by atoms with Crippen LogP contribution in [-0.2, 0) is 32.7 Å². The van der Waals surface area contributed by atoms with Crippen LogP contribution in [0.15, 0.2) is 24.3 Å². The highest BCUT2D eigenvalue weighted by Crippen LogP contribution is 2.47. The molecule has 1 rings (SSSR count). The molecule has 0 heterocycles. The van der Waals surface area contributed by atoms with Crippen molar-refractivity contribution in [2.75, 3.05) is 13.2 Å². The van der Waals surface area contributed by atoms with Gasteiger partial charge in [-0.3, -0.25) is 18.6 Å². The second kappa shape index (κ2) is 34.1. The molecule has 57 heavy (non-hydrogen) atoms. The monoisotopic (exact) mass is 835 g/mol. The van der Waals surface area contributed by atoms with E-state index >= 15 is 0 Å². The van der Waals surface area contributed by atoms with Crippen LogP contribution < -0.4 is 0 Å². The number of ether oxygens (including phenoxy) is 2. The zero-order valence-corrected chi connectivity index (χ0v) is 36.0. The van der Waals surface area contributed by atoms with Crippen molar-refractivity contribution in [1.82, 2.24) is 0 Å². The van der Waals surface area contributed by atoms with Gasteiger partial charge in [-0.1, -0.05) is 147 Å². The zero-order chi connectivity index (χ0) is 42.2. The molecule has 0 bridgehead atoms. The summed E-state index contributed by atoms with van der Waals surface area (Å²) in [6.45, 7) is 3.26. The summed E-state index contributed by atoms with van der Waals surface area (Å²) in [6, 6.07) is 0. The fourth-order valence-electron chi connectivity index (χ4n) is 6.67. The van der Waals surface area contributed by atoms with Crippen LogP contribution in [0.25, 0.3) is 0 Å². The van der Waals surface area contributed by atoms with Gasteiger partial charge in [0.05, 0.1) is 6.61 Å². The van der Waals surface area contributed by atoms with Crippen molar-refractivity contribution in [1.29, 1.82) is 0 Å². The normalized spacial score (nSPS) is 22.9. The van der Waals surface area contributed by atoms with Crippen LogP contribution in [0.2, 0.25) is 0 Å². The van der Waals surface area contributed by atoms with Crippen molar-refractivity contribution in [3.8, 4) is 0 Å². The van der Waals surface area contributed by atoms with Crippen LogP contribution in [0.1, 0.15) is 181 Å².